The zero-order valence-corrected chi connectivity index (χ0v) is 25.5. The fraction of sp³-hybridized carbons (Fsp3) is 0.548. The number of aromatic nitrogens is 4. The number of rotatable bonds is 15. The van der Waals surface area contributed by atoms with Gasteiger partial charge in [-0.2, -0.15) is 4.80 Å². The smallest absolute Gasteiger partial charge is 0.276 e. The molecule has 0 aliphatic heterocycles. The summed E-state index contributed by atoms with van der Waals surface area (Å²) in [6, 6.07) is 8.31. The van der Waals surface area contributed by atoms with E-state index in [1.165, 1.54) is 49.7 Å². The van der Waals surface area contributed by atoms with Crippen LogP contribution in [0.3, 0.4) is 0 Å². The van der Waals surface area contributed by atoms with Crippen molar-refractivity contribution in [2.24, 2.45) is 0 Å². The van der Waals surface area contributed by atoms with Crippen molar-refractivity contribution in [1.29, 1.82) is 0 Å². The molecule has 1 aromatic heterocycles. The monoisotopic (exact) mass is 572 g/mol. The summed E-state index contributed by atoms with van der Waals surface area (Å²) in [5.74, 6) is -1.13. The number of carbonyl (C=O) groups is 1. The average molecular weight is 573 g/mol. The van der Waals surface area contributed by atoms with Crippen LogP contribution in [0.5, 0.6) is 0 Å². The van der Waals surface area contributed by atoms with Crippen LogP contribution in [0.25, 0.3) is 0 Å². The maximum Gasteiger partial charge on any atom is 0.276 e. The number of nitrogen functional groups attached to an aromatic ring is 1. The van der Waals surface area contributed by atoms with Gasteiger partial charge in [-0.3, -0.25) is 4.79 Å². The Kier molecular flexibility index (Phi) is 13.0. The fourth-order valence-electron chi connectivity index (χ4n) is 4.97. The molecule has 1 heterocycles. The van der Waals surface area contributed by atoms with Crippen LogP contribution >= 0.6 is 12.4 Å². The van der Waals surface area contributed by atoms with Gasteiger partial charge in [-0.25, -0.2) is 4.39 Å². The summed E-state index contributed by atoms with van der Waals surface area (Å²) in [6.07, 6.45) is 12.2. The van der Waals surface area contributed by atoms with Gasteiger partial charge in [-0.05, 0) is 61.6 Å². The second kappa shape index (κ2) is 15.7. The van der Waals surface area contributed by atoms with E-state index in [1.54, 1.807) is 30.3 Å². The quantitative estimate of drug-likeness (QED) is 0.144. The first kappa shape index (κ1) is 33.2. The molecule has 220 valence electrons. The Morgan fingerprint density at radius 3 is 1.95 bits per heavy atom. The lowest BCUT2D eigenvalue weighted by Crippen LogP contribution is -2.39. The highest BCUT2D eigenvalue weighted by Gasteiger charge is 2.47. The van der Waals surface area contributed by atoms with Crippen molar-refractivity contribution in [3.05, 3.63) is 64.0 Å². The Balaban J connectivity index is 0.00000560. The average Bonchev–Trinajstić information content (AvgIpc) is 3.43. The molecule has 1 unspecified atom stereocenters. The Morgan fingerprint density at radius 1 is 0.875 bits per heavy atom. The van der Waals surface area contributed by atoms with E-state index in [0.717, 1.165) is 41.5 Å². The van der Waals surface area contributed by atoms with Gasteiger partial charge in [0.15, 0.2) is 0 Å². The summed E-state index contributed by atoms with van der Waals surface area (Å²) in [7, 11) is 0. The molecule has 0 aliphatic rings. The lowest BCUT2D eigenvalue weighted by Gasteiger charge is -2.24. The van der Waals surface area contributed by atoms with Crippen molar-refractivity contribution in [1.82, 2.24) is 20.2 Å². The van der Waals surface area contributed by atoms with E-state index in [2.05, 4.69) is 27.7 Å². The molecule has 0 saturated heterocycles. The molecule has 0 saturated carbocycles. The van der Waals surface area contributed by atoms with Crippen LogP contribution < -0.4 is 11.1 Å². The van der Waals surface area contributed by atoms with Crippen molar-refractivity contribution in [3.63, 3.8) is 0 Å². The number of benzene rings is 2. The number of unbranched alkanes of at least 4 members (excludes halogenated alkanes) is 9. The molecule has 1 atom stereocenters. The predicted octanol–water partition coefficient (Wildman–Crippen LogP) is 7.68. The number of anilines is 2. The molecule has 0 spiro atoms. The summed E-state index contributed by atoms with van der Waals surface area (Å²) < 4.78 is 16.9. The van der Waals surface area contributed by atoms with Crippen LogP contribution in [0.1, 0.15) is 105 Å². The molecule has 1 amide bonds. The first-order valence-corrected chi connectivity index (χ1v) is 14.4. The maximum atomic E-state index is 16.9. The fourth-order valence-corrected chi connectivity index (χ4v) is 4.97. The summed E-state index contributed by atoms with van der Waals surface area (Å²) in [5.41, 5.74) is 8.33. The third kappa shape index (κ3) is 7.80. The van der Waals surface area contributed by atoms with Crippen molar-refractivity contribution < 1.29 is 9.18 Å². The number of hydrogen-bond acceptors (Lipinski definition) is 5. The van der Waals surface area contributed by atoms with Crippen molar-refractivity contribution >= 4 is 29.7 Å². The molecule has 9 heteroatoms. The molecule has 2 aromatic carbocycles. The lowest BCUT2D eigenvalue weighted by molar-refractivity contribution is -0.125. The number of amides is 1. The van der Waals surface area contributed by atoms with E-state index in [9.17, 15) is 4.79 Å². The second-order valence-electron chi connectivity index (χ2n) is 10.7. The normalized spacial score (nSPS) is 12.6. The molecule has 7 nitrogen and oxygen atoms in total. The van der Waals surface area contributed by atoms with Gasteiger partial charge in [0.05, 0.1) is 6.54 Å². The topological polar surface area (TPSA) is 98.7 Å². The van der Waals surface area contributed by atoms with Gasteiger partial charge in [0.2, 0.25) is 5.82 Å². The van der Waals surface area contributed by atoms with Gasteiger partial charge in [-0.1, -0.05) is 95.0 Å². The van der Waals surface area contributed by atoms with Crippen LogP contribution in [-0.4, -0.2) is 26.1 Å². The van der Waals surface area contributed by atoms with Crippen LogP contribution in [0.2, 0.25) is 0 Å². The Labute approximate surface area is 244 Å². The zero-order valence-electron chi connectivity index (χ0n) is 24.7. The Hall–Kier alpha value is -3.00. The summed E-state index contributed by atoms with van der Waals surface area (Å²) in [6.45, 7) is 10.3. The van der Waals surface area contributed by atoms with Gasteiger partial charge >= 0.3 is 0 Å². The molecule has 3 N–H and O–H groups in total. The van der Waals surface area contributed by atoms with Crippen molar-refractivity contribution in [2.75, 3.05) is 11.1 Å². The number of halogens is 2. The number of nitrogens with zero attached hydrogens (tertiary/aromatic N) is 4. The van der Waals surface area contributed by atoms with Crippen molar-refractivity contribution in [3.8, 4) is 0 Å². The first-order chi connectivity index (χ1) is 18.7. The van der Waals surface area contributed by atoms with E-state index < -0.39 is 11.6 Å². The standard InChI is InChI=1S/C31H45FN6O.ClH/c1-6-7-8-9-10-11-12-13-14-18-21-38-36-29(35-37-38)31(32,26-19-16-15-17-20-26)30(39)34-28-24(4)22(2)27(33)23(3)25(28)5;/h15-17,19-20H,6-14,18,21,33H2,1-5H3,(H,34,39);1H. The number of aryl methyl sites for hydroxylation is 1. The maximum absolute atomic E-state index is 16.9. The zero-order chi connectivity index (χ0) is 28.4. The summed E-state index contributed by atoms with van der Waals surface area (Å²) in [4.78, 5) is 15.1. The summed E-state index contributed by atoms with van der Waals surface area (Å²) in [5, 5.41) is 15.3. The van der Waals surface area contributed by atoms with Crippen molar-refractivity contribution in [2.45, 2.75) is 111 Å². The number of nitrogens with two attached hydrogens (primary N) is 1. The highest BCUT2D eigenvalue weighted by molar-refractivity contribution is 6.01. The van der Waals surface area contributed by atoms with E-state index in [4.69, 9.17) is 5.73 Å². The van der Waals surface area contributed by atoms with Gasteiger partial charge in [-0.15, -0.1) is 22.6 Å². The SMILES string of the molecule is CCCCCCCCCCCCn1nnc(C(F)(C(=O)Nc2c(C)c(C)c(N)c(C)c2C)c2ccccc2)n1.Cl. The molecule has 3 aromatic rings. The molecular formula is C31H46ClFN6O. The number of tetrazole rings is 1. The van der Waals surface area contributed by atoms with Crippen LogP contribution in [0.4, 0.5) is 15.8 Å². The molecule has 40 heavy (non-hydrogen) atoms. The van der Waals surface area contributed by atoms with E-state index in [0.29, 0.717) is 17.9 Å². The molecule has 0 fully saturated rings. The van der Waals surface area contributed by atoms with Gasteiger partial charge in [0.25, 0.3) is 11.6 Å². The molecular weight excluding hydrogens is 527 g/mol. The predicted molar refractivity (Wildman–Crippen MR) is 164 cm³/mol. The molecule has 0 radical (unpaired) electrons. The van der Waals surface area contributed by atoms with Gasteiger partial charge in [0.1, 0.15) is 0 Å². The summed E-state index contributed by atoms with van der Waals surface area (Å²) >= 11 is 0. The number of hydrogen-bond donors (Lipinski definition) is 2. The largest absolute Gasteiger partial charge is 0.398 e. The van der Waals surface area contributed by atoms with E-state index in [1.807, 2.05) is 27.7 Å². The highest BCUT2D eigenvalue weighted by Crippen LogP contribution is 2.36. The van der Waals surface area contributed by atoms with Crippen LogP contribution in [0.15, 0.2) is 30.3 Å². The van der Waals surface area contributed by atoms with Gasteiger partial charge < -0.3 is 11.1 Å². The first-order valence-electron chi connectivity index (χ1n) is 14.4. The minimum atomic E-state index is -2.61. The highest BCUT2D eigenvalue weighted by atomic mass is 35.5. The molecule has 0 bridgehead atoms. The van der Waals surface area contributed by atoms with E-state index in [-0.39, 0.29) is 23.8 Å². The molecule has 3 rings (SSSR count). The number of nitrogens with one attached hydrogen (secondary N) is 1. The molecule has 0 aliphatic carbocycles. The Morgan fingerprint density at radius 2 is 1.40 bits per heavy atom. The van der Waals surface area contributed by atoms with E-state index >= 15 is 4.39 Å². The minimum Gasteiger partial charge on any atom is -0.398 e. The third-order valence-electron chi connectivity index (χ3n) is 7.88. The third-order valence-corrected chi connectivity index (χ3v) is 7.88. The second-order valence-corrected chi connectivity index (χ2v) is 10.7. The van der Waals surface area contributed by atoms with Crippen LogP contribution in [-0.2, 0) is 17.0 Å². The lowest BCUT2D eigenvalue weighted by atomic mass is 9.92. The number of alkyl halides is 1. The minimum absolute atomic E-state index is 0. The number of carbonyl (C=O) groups excluding carboxylic acids is 1. The van der Waals surface area contributed by atoms with Crippen LogP contribution in [0, 0.1) is 27.7 Å². The van der Waals surface area contributed by atoms with Gasteiger partial charge in [0, 0.05) is 16.9 Å². The Bertz CT molecular complexity index is 1200.